The second-order valence-corrected chi connectivity index (χ2v) is 6.03. The van der Waals surface area contributed by atoms with Gasteiger partial charge in [-0.1, -0.05) is 27.7 Å². The summed E-state index contributed by atoms with van der Waals surface area (Å²) in [7, 11) is 0. The van der Waals surface area contributed by atoms with E-state index in [9.17, 15) is 0 Å². The second kappa shape index (κ2) is 5.00. The van der Waals surface area contributed by atoms with Crippen molar-refractivity contribution < 1.29 is 4.42 Å². The third kappa shape index (κ3) is 4.35. The SMILES string of the molecule is CC(Cc1cnc(C(C)N)o1)CC(C)(C)C. The molecule has 1 aromatic heterocycles. The minimum absolute atomic E-state index is 0.119. The highest BCUT2D eigenvalue weighted by molar-refractivity contribution is 4.98. The van der Waals surface area contributed by atoms with Crippen LogP contribution in [0.4, 0.5) is 0 Å². The fourth-order valence-corrected chi connectivity index (χ4v) is 2.09. The molecule has 3 nitrogen and oxygen atoms in total. The lowest BCUT2D eigenvalue weighted by Crippen LogP contribution is -2.12. The zero-order valence-electron chi connectivity index (χ0n) is 11.1. The van der Waals surface area contributed by atoms with Crippen molar-refractivity contribution in [1.29, 1.82) is 0 Å². The van der Waals surface area contributed by atoms with Crippen LogP contribution in [-0.4, -0.2) is 4.98 Å². The van der Waals surface area contributed by atoms with Crippen molar-refractivity contribution in [2.24, 2.45) is 17.1 Å². The fourth-order valence-electron chi connectivity index (χ4n) is 2.09. The molecule has 1 heterocycles. The molecule has 2 atom stereocenters. The summed E-state index contributed by atoms with van der Waals surface area (Å²) in [6.45, 7) is 10.9. The quantitative estimate of drug-likeness (QED) is 0.853. The Bertz CT molecular complexity index is 323. The van der Waals surface area contributed by atoms with E-state index in [0.717, 1.165) is 12.2 Å². The van der Waals surface area contributed by atoms with Crippen LogP contribution < -0.4 is 5.73 Å². The molecule has 16 heavy (non-hydrogen) atoms. The van der Waals surface area contributed by atoms with Crippen molar-refractivity contribution in [3.63, 3.8) is 0 Å². The largest absolute Gasteiger partial charge is 0.444 e. The van der Waals surface area contributed by atoms with Crippen molar-refractivity contribution in [3.05, 3.63) is 17.8 Å². The number of rotatable bonds is 4. The summed E-state index contributed by atoms with van der Waals surface area (Å²) in [5.41, 5.74) is 6.07. The van der Waals surface area contributed by atoms with Gasteiger partial charge in [-0.2, -0.15) is 0 Å². The summed E-state index contributed by atoms with van der Waals surface area (Å²) < 4.78 is 5.59. The first-order valence-corrected chi connectivity index (χ1v) is 5.98. The van der Waals surface area contributed by atoms with Crippen LogP contribution in [0.1, 0.15) is 58.7 Å². The molecule has 2 unspecified atom stereocenters. The van der Waals surface area contributed by atoms with Gasteiger partial charge in [0, 0.05) is 6.42 Å². The van der Waals surface area contributed by atoms with Crippen molar-refractivity contribution in [3.8, 4) is 0 Å². The smallest absolute Gasteiger partial charge is 0.210 e. The van der Waals surface area contributed by atoms with E-state index in [4.69, 9.17) is 10.2 Å². The van der Waals surface area contributed by atoms with Crippen LogP contribution >= 0.6 is 0 Å². The van der Waals surface area contributed by atoms with Crippen molar-refractivity contribution in [2.45, 2.75) is 53.5 Å². The Hall–Kier alpha value is -0.830. The summed E-state index contributed by atoms with van der Waals surface area (Å²) in [5.74, 6) is 2.19. The maximum Gasteiger partial charge on any atom is 0.210 e. The lowest BCUT2D eigenvalue weighted by atomic mass is 9.84. The predicted molar refractivity (Wildman–Crippen MR) is 66.0 cm³/mol. The van der Waals surface area contributed by atoms with Crippen LogP contribution in [0.5, 0.6) is 0 Å². The molecule has 0 aliphatic carbocycles. The third-order valence-corrected chi connectivity index (χ3v) is 2.47. The first-order chi connectivity index (χ1) is 7.28. The summed E-state index contributed by atoms with van der Waals surface area (Å²) in [6, 6.07) is -0.119. The molecule has 0 spiro atoms. The Kier molecular flexibility index (Phi) is 4.14. The Morgan fingerprint density at radius 3 is 2.44 bits per heavy atom. The highest BCUT2D eigenvalue weighted by Gasteiger charge is 2.17. The van der Waals surface area contributed by atoms with E-state index in [1.54, 1.807) is 6.20 Å². The van der Waals surface area contributed by atoms with Gasteiger partial charge in [0.2, 0.25) is 5.89 Å². The maximum atomic E-state index is 5.70. The van der Waals surface area contributed by atoms with Crippen molar-refractivity contribution in [1.82, 2.24) is 4.98 Å². The van der Waals surface area contributed by atoms with E-state index < -0.39 is 0 Å². The minimum Gasteiger partial charge on any atom is -0.444 e. The van der Waals surface area contributed by atoms with Crippen molar-refractivity contribution in [2.75, 3.05) is 0 Å². The Morgan fingerprint density at radius 1 is 1.38 bits per heavy atom. The summed E-state index contributed by atoms with van der Waals surface area (Å²) >= 11 is 0. The van der Waals surface area contributed by atoms with Gasteiger partial charge in [0.05, 0.1) is 12.2 Å². The minimum atomic E-state index is -0.119. The predicted octanol–water partition coefficient (Wildman–Crippen LogP) is 3.31. The maximum absolute atomic E-state index is 5.70. The van der Waals surface area contributed by atoms with Crippen LogP contribution in [-0.2, 0) is 6.42 Å². The topological polar surface area (TPSA) is 52.0 Å². The molecule has 0 saturated heterocycles. The van der Waals surface area contributed by atoms with E-state index >= 15 is 0 Å². The molecule has 0 aromatic carbocycles. The average molecular weight is 224 g/mol. The summed E-state index contributed by atoms with van der Waals surface area (Å²) in [6.07, 6.45) is 3.93. The van der Waals surface area contributed by atoms with E-state index in [-0.39, 0.29) is 6.04 Å². The van der Waals surface area contributed by atoms with Crippen molar-refractivity contribution >= 4 is 0 Å². The number of oxazole rings is 1. The van der Waals surface area contributed by atoms with Crippen LogP contribution in [0, 0.1) is 11.3 Å². The first-order valence-electron chi connectivity index (χ1n) is 5.98. The third-order valence-electron chi connectivity index (χ3n) is 2.47. The Morgan fingerprint density at radius 2 is 2.00 bits per heavy atom. The van der Waals surface area contributed by atoms with Gasteiger partial charge in [0.25, 0.3) is 0 Å². The Balaban J connectivity index is 2.53. The summed E-state index contributed by atoms with van der Waals surface area (Å²) in [4.78, 5) is 4.17. The standard InChI is InChI=1S/C13H24N2O/c1-9(7-13(3,4)5)6-11-8-15-12(16-11)10(2)14/h8-10H,6-7,14H2,1-5H3. The molecule has 3 heteroatoms. The van der Waals surface area contributed by atoms with Crippen LogP contribution in [0.25, 0.3) is 0 Å². The molecule has 0 saturated carbocycles. The van der Waals surface area contributed by atoms with E-state index in [1.165, 1.54) is 6.42 Å². The molecule has 1 aromatic rings. The molecular weight excluding hydrogens is 200 g/mol. The van der Waals surface area contributed by atoms with E-state index in [0.29, 0.717) is 17.2 Å². The van der Waals surface area contributed by atoms with Gasteiger partial charge < -0.3 is 10.2 Å². The number of nitrogens with zero attached hydrogens (tertiary/aromatic N) is 1. The lowest BCUT2D eigenvalue weighted by Gasteiger charge is -2.22. The summed E-state index contributed by atoms with van der Waals surface area (Å²) in [5, 5.41) is 0. The number of nitrogens with two attached hydrogens (primary N) is 1. The normalized spacial score (nSPS) is 16.1. The Labute approximate surface area is 98.4 Å². The van der Waals surface area contributed by atoms with E-state index in [2.05, 4.69) is 32.7 Å². The van der Waals surface area contributed by atoms with Gasteiger partial charge in [-0.25, -0.2) is 4.98 Å². The zero-order chi connectivity index (χ0) is 12.3. The molecule has 0 aliphatic rings. The number of aromatic nitrogens is 1. The molecule has 0 bridgehead atoms. The van der Waals surface area contributed by atoms with Gasteiger partial charge in [-0.3, -0.25) is 0 Å². The van der Waals surface area contributed by atoms with Gasteiger partial charge >= 0.3 is 0 Å². The van der Waals surface area contributed by atoms with Gasteiger partial charge in [-0.05, 0) is 24.7 Å². The van der Waals surface area contributed by atoms with Crippen LogP contribution in [0.2, 0.25) is 0 Å². The number of hydrogen-bond donors (Lipinski definition) is 1. The lowest BCUT2D eigenvalue weighted by molar-refractivity contribution is 0.293. The van der Waals surface area contributed by atoms with E-state index in [1.807, 2.05) is 6.92 Å². The van der Waals surface area contributed by atoms with Crippen LogP contribution in [0.15, 0.2) is 10.6 Å². The zero-order valence-corrected chi connectivity index (χ0v) is 11.1. The van der Waals surface area contributed by atoms with Gasteiger partial charge in [0.1, 0.15) is 5.76 Å². The number of hydrogen-bond acceptors (Lipinski definition) is 3. The molecule has 0 fully saturated rings. The fraction of sp³-hybridized carbons (Fsp3) is 0.769. The molecule has 0 aliphatic heterocycles. The molecule has 0 amide bonds. The molecular formula is C13H24N2O. The van der Waals surface area contributed by atoms with Crippen LogP contribution in [0.3, 0.4) is 0 Å². The molecule has 92 valence electrons. The highest BCUT2D eigenvalue weighted by atomic mass is 16.4. The monoisotopic (exact) mass is 224 g/mol. The molecule has 0 radical (unpaired) electrons. The van der Waals surface area contributed by atoms with Gasteiger partial charge in [0.15, 0.2) is 0 Å². The highest BCUT2D eigenvalue weighted by Crippen LogP contribution is 2.26. The molecule has 1 rings (SSSR count). The van der Waals surface area contributed by atoms with Gasteiger partial charge in [-0.15, -0.1) is 0 Å². The second-order valence-electron chi connectivity index (χ2n) is 6.03. The average Bonchev–Trinajstić information content (AvgIpc) is 2.48. The first kappa shape index (κ1) is 13.2. The molecule has 2 N–H and O–H groups in total.